The van der Waals surface area contributed by atoms with Crippen molar-refractivity contribution < 1.29 is 41.8 Å². The van der Waals surface area contributed by atoms with Crippen LogP contribution in [-0.2, 0) is 38.9 Å². The van der Waals surface area contributed by atoms with E-state index in [0.717, 1.165) is 4.90 Å². The van der Waals surface area contributed by atoms with Crippen LogP contribution in [0.15, 0.2) is 12.2 Å². The fraction of sp³-hybridized carbons (Fsp3) is 0.500. The molecule has 11 nitrogen and oxygen atoms in total. The van der Waals surface area contributed by atoms with Crippen LogP contribution in [0.1, 0.15) is 32.1 Å². The highest BCUT2D eigenvalue weighted by Gasteiger charge is 2.48. The van der Waals surface area contributed by atoms with Crippen molar-refractivity contribution in [3.8, 4) is 0 Å². The standard InChI is InChI=1S/C14H16N2O9S/c17-10-5-6-11(18)15(10)7-3-1-2-4-13(20)25-16-12(19)8-9(14(16)21)26(22,23)24/h5-6,9H,1-4,7-8H2,(H,22,23,24)/t9-/m1/s1. The average Bonchev–Trinajstić information content (AvgIpc) is 3.01. The second-order valence-electron chi connectivity index (χ2n) is 5.67. The zero-order chi connectivity index (χ0) is 19.5. The topological polar surface area (TPSA) is 155 Å². The van der Waals surface area contributed by atoms with Crippen LogP contribution in [-0.4, -0.2) is 64.3 Å². The van der Waals surface area contributed by atoms with E-state index in [-0.39, 0.29) is 18.0 Å². The van der Waals surface area contributed by atoms with Crippen LogP contribution >= 0.6 is 0 Å². The lowest BCUT2D eigenvalue weighted by atomic mass is 10.2. The van der Waals surface area contributed by atoms with Crippen molar-refractivity contribution in [3.63, 3.8) is 0 Å². The van der Waals surface area contributed by atoms with Crippen molar-refractivity contribution in [1.29, 1.82) is 0 Å². The Morgan fingerprint density at radius 1 is 1.12 bits per heavy atom. The first-order chi connectivity index (χ1) is 12.1. The van der Waals surface area contributed by atoms with E-state index in [1.54, 1.807) is 0 Å². The normalized spacial score (nSPS) is 20.4. The van der Waals surface area contributed by atoms with Gasteiger partial charge in [0.2, 0.25) is 0 Å². The molecular formula is C14H16N2O9S. The first-order valence-corrected chi connectivity index (χ1v) is 9.19. The molecule has 0 bridgehead atoms. The second kappa shape index (κ2) is 7.74. The summed E-state index contributed by atoms with van der Waals surface area (Å²) >= 11 is 0. The molecule has 4 amide bonds. The Hall–Kier alpha value is -2.60. The van der Waals surface area contributed by atoms with Gasteiger partial charge in [0.1, 0.15) is 0 Å². The van der Waals surface area contributed by atoms with Crippen molar-refractivity contribution in [3.05, 3.63) is 12.2 Å². The summed E-state index contributed by atoms with van der Waals surface area (Å²) in [7, 11) is -4.76. The van der Waals surface area contributed by atoms with Crippen LogP contribution in [0.2, 0.25) is 0 Å². The monoisotopic (exact) mass is 388 g/mol. The third-order valence-electron chi connectivity index (χ3n) is 3.78. The highest BCUT2D eigenvalue weighted by molar-refractivity contribution is 7.87. The first kappa shape index (κ1) is 19.7. The predicted molar refractivity (Wildman–Crippen MR) is 82.2 cm³/mol. The van der Waals surface area contributed by atoms with Crippen LogP contribution in [0.3, 0.4) is 0 Å². The van der Waals surface area contributed by atoms with Crippen LogP contribution in [0, 0.1) is 0 Å². The zero-order valence-electron chi connectivity index (χ0n) is 13.5. The minimum absolute atomic E-state index is 0.0496. The quantitative estimate of drug-likeness (QED) is 0.311. The Bertz CT molecular complexity index is 768. The molecule has 0 aromatic rings. The highest BCUT2D eigenvalue weighted by atomic mass is 32.2. The van der Waals surface area contributed by atoms with Crippen LogP contribution in [0.4, 0.5) is 0 Å². The Kier molecular flexibility index (Phi) is 5.87. The van der Waals surface area contributed by atoms with Gasteiger partial charge < -0.3 is 4.84 Å². The summed E-state index contributed by atoms with van der Waals surface area (Å²) in [5, 5.41) is -1.92. The largest absolute Gasteiger partial charge is 0.333 e. The molecule has 0 radical (unpaired) electrons. The molecule has 1 N–H and O–H groups in total. The third-order valence-corrected chi connectivity index (χ3v) is 4.87. The number of rotatable bonds is 8. The van der Waals surface area contributed by atoms with Gasteiger partial charge in [-0.3, -0.25) is 28.6 Å². The van der Waals surface area contributed by atoms with Gasteiger partial charge in [0.25, 0.3) is 33.7 Å². The summed E-state index contributed by atoms with van der Waals surface area (Å²) in [5.41, 5.74) is 0. The van der Waals surface area contributed by atoms with E-state index >= 15 is 0 Å². The van der Waals surface area contributed by atoms with Gasteiger partial charge in [-0.1, -0.05) is 6.42 Å². The van der Waals surface area contributed by atoms with E-state index in [1.807, 2.05) is 0 Å². The molecule has 2 aliphatic heterocycles. The maximum Gasteiger partial charge on any atom is 0.333 e. The number of unbranched alkanes of at least 4 members (excludes halogenated alkanes) is 2. The number of nitrogens with zero attached hydrogens (tertiary/aromatic N) is 2. The van der Waals surface area contributed by atoms with Gasteiger partial charge in [0, 0.05) is 25.1 Å². The molecule has 0 saturated carbocycles. The Morgan fingerprint density at radius 2 is 1.73 bits per heavy atom. The molecule has 0 aromatic carbocycles. The van der Waals surface area contributed by atoms with Crippen LogP contribution in [0.25, 0.3) is 0 Å². The molecule has 0 aromatic heterocycles. The van der Waals surface area contributed by atoms with Gasteiger partial charge in [-0.05, 0) is 12.8 Å². The Labute approximate surface area is 148 Å². The predicted octanol–water partition coefficient (Wildman–Crippen LogP) is -1.05. The molecule has 2 heterocycles. The summed E-state index contributed by atoms with van der Waals surface area (Å²) < 4.78 is 30.8. The molecule has 0 spiro atoms. The first-order valence-electron chi connectivity index (χ1n) is 7.68. The smallest absolute Gasteiger partial charge is 0.330 e. The number of carbonyl (C=O) groups is 5. The van der Waals surface area contributed by atoms with E-state index in [2.05, 4.69) is 4.84 Å². The van der Waals surface area contributed by atoms with Gasteiger partial charge in [-0.15, -0.1) is 5.06 Å². The van der Waals surface area contributed by atoms with Crippen molar-refractivity contribution in [2.24, 2.45) is 0 Å². The molecule has 2 rings (SSSR count). The Morgan fingerprint density at radius 3 is 2.27 bits per heavy atom. The number of hydrogen-bond donors (Lipinski definition) is 1. The maximum atomic E-state index is 11.7. The molecule has 26 heavy (non-hydrogen) atoms. The summed E-state index contributed by atoms with van der Waals surface area (Å²) in [6, 6.07) is 0. The molecule has 2 aliphatic rings. The van der Waals surface area contributed by atoms with Crippen molar-refractivity contribution in [2.75, 3.05) is 6.54 Å². The Balaban J connectivity index is 1.71. The molecule has 1 saturated heterocycles. The van der Waals surface area contributed by atoms with E-state index < -0.39 is 51.4 Å². The molecule has 1 fully saturated rings. The molecule has 142 valence electrons. The SMILES string of the molecule is O=C(CCCCCN1C(=O)C=CC1=O)ON1C(=O)C[C@@H](S(=O)(=O)O)C1=O. The molecule has 1 atom stereocenters. The zero-order valence-corrected chi connectivity index (χ0v) is 14.3. The van der Waals surface area contributed by atoms with Gasteiger partial charge in [0.05, 0.1) is 6.42 Å². The van der Waals surface area contributed by atoms with Crippen molar-refractivity contribution in [1.82, 2.24) is 9.96 Å². The van der Waals surface area contributed by atoms with Crippen LogP contribution < -0.4 is 0 Å². The fourth-order valence-electron chi connectivity index (χ4n) is 2.43. The van der Waals surface area contributed by atoms with E-state index in [9.17, 15) is 32.4 Å². The lowest BCUT2D eigenvalue weighted by molar-refractivity contribution is -0.197. The lowest BCUT2D eigenvalue weighted by Gasteiger charge is -2.14. The summed E-state index contributed by atoms with van der Waals surface area (Å²) in [6.07, 6.45) is 2.62. The number of hydroxylamine groups is 2. The average molecular weight is 388 g/mol. The molecule has 0 unspecified atom stereocenters. The van der Waals surface area contributed by atoms with Crippen molar-refractivity contribution >= 4 is 39.7 Å². The van der Waals surface area contributed by atoms with Crippen molar-refractivity contribution in [2.45, 2.75) is 37.4 Å². The van der Waals surface area contributed by atoms with Gasteiger partial charge in [0.15, 0.2) is 5.25 Å². The highest BCUT2D eigenvalue weighted by Crippen LogP contribution is 2.20. The maximum absolute atomic E-state index is 11.7. The van der Waals surface area contributed by atoms with Crippen LogP contribution in [0.5, 0.6) is 0 Å². The second-order valence-corrected chi connectivity index (χ2v) is 7.27. The van der Waals surface area contributed by atoms with Gasteiger partial charge >= 0.3 is 5.97 Å². The van der Waals surface area contributed by atoms with E-state index in [0.29, 0.717) is 19.3 Å². The number of imide groups is 2. The fourth-order valence-corrected chi connectivity index (χ4v) is 3.13. The number of amides is 4. The minimum Gasteiger partial charge on any atom is -0.330 e. The molecule has 0 aliphatic carbocycles. The van der Waals surface area contributed by atoms with E-state index in [1.165, 1.54) is 12.2 Å². The van der Waals surface area contributed by atoms with Gasteiger partial charge in [-0.2, -0.15) is 8.42 Å². The summed E-state index contributed by atoms with van der Waals surface area (Å²) in [4.78, 5) is 63.2. The third kappa shape index (κ3) is 4.52. The molecule has 12 heteroatoms. The number of hydrogen-bond acceptors (Lipinski definition) is 8. The number of carbonyl (C=O) groups excluding carboxylic acids is 5. The summed E-state index contributed by atoms with van der Waals surface area (Å²) in [5.74, 6) is -4.06. The molecular weight excluding hydrogens is 372 g/mol. The minimum atomic E-state index is -4.76. The van der Waals surface area contributed by atoms with Gasteiger partial charge in [-0.25, -0.2) is 4.79 Å². The van der Waals surface area contributed by atoms with E-state index in [4.69, 9.17) is 4.55 Å². The summed E-state index contributed by atoms with van der Waals surface area (Å²) in [6.45, 7) is 0.207. The lowest BCUT2D eigenvalue weighted by Crippen LogP contribution is -2.36.